The van der Waals surface area contributed by atoms with Crippen LogP contribution in [0.4, 0.5) is 0 Å². The summed E-state index contributed by atoms with van der Waals surface area (Å²) in [5.74, 6) is 1.73. The molecule has 1 aliphatic carbocycles. The van der Waals surface area contributed by atoms with Gasteiger partial charge in [0.05, 0.1) is 31.6 Å². The number of nitrogens with one attached hydrogen (secondary N) is 1. The molecule has 3 aromatic rings. The maximum absolute atomic E-state index is 12.5. The Bertz CT molecular complexity index is 1040. The van der Waals surface area contributed by atoms with E-state index in [0.29, 0.717) is 28.2 Å². The molecule has 7 nitrogen and oxygen atoms in total. The second-order valence-corrected chi connectivity index (χ2v) is 7.87. The van der Waals surface area contributed by atoms with Crippen molar-refractivity contribution in [3.05, 3.63) is 53.6 Å². The van der Waals surface area contributed by atoms with Gasteiger partial charge in [-0.05, 0) is 42.5 Å². The van der Waals surface area contributed by atoms with Gasteiger partial charge in [0.2, 0.25) is 5.91 Å². The molecule has 1 N–H and O–H groups in total. The average molecular weight is 426 g/mol. The smallest absolute Gasteiger partial charge is 0.277 e. The van der Waals surface area contributed by atoms with E-state index in [1.54, 1.807) is 32.4 Å². The Morgan fingerprint density at radius 1 is 1.20 bits per heavy atom. The SMILES string of the molecule is COc1ccc(-c2nnc(SCC(=O)NC3CCCc4ccccc43)o2)c(OC)c1. The van der Waals surface area contributed by atoms with E-state index < -0.39 is 0 Å². The van der Waals surface area contributed by atoms with E-state index in [2.05, 4.69) is 27.6 Å². The van der Waals surface area contributed by atoms with Crippen LogP contribution in [-0.4, -0.2) is 36.1 Å². The van der Waals surface area contributed by atoms with E-state index in [1.807, 2.05) is 12.1 Å². The number of ether oxygens (including phenoxy) is 2. The van der Waals surface area contributed by atoms with Crippen molar-refractivity contribution in [3.8, 4) is 23.0 Å². The molecule has 0 fully saturated rings. The largest absolute Gasteiger partial charge is 0.497 e. The molecule has 2 aromatic carbocycles. The molecular formula is C22H23N3O4S. The fourth-order valence-corrected chi connectivity index (χ4v) is 4.19. The van der Waals surface area contributed by atoms with Gasteiger partial charge < -0.3 is 19.2 Å². The van der Waals surface area contributed by atoms with Crippen LogP contribution < -0.4 is 14.8 Å². The standard InChI is InChI=1S/C22H23N3O4S/c1-27-15-10-11-17(19(12-15)28-2)21-24-25-22(29-21)30-13-20(26)23-18-9-5-7-14-6-3-4-8-16(14)18/h3-4,6,8,10-12,18H,5,7,9,13H2,1-2H3,(H,23,26). The number of nitrogens with zero attached hydrogens (tertiary/aromatic N) is 2. The van der Waals surface area contributed by atoms with Crippen LogP contribution in [0.1, 0.15) is 30.0 Å². The number of carbonyl (C=O) groups excluding carboxylic acids is 1. The quantitative estimate of drug-likeness (QED) is 0.572. The molecule has 1 atom stereocenters. The number of methoxy groups -OCH3 is 2. The predicted molar refractivity (Wildman–Crippen MR) is 114 cm³/mol. The highest BCUT2D eigenvalue weighted by Gasteiger charge is 2.22. The molecule has 0 radical (unpaired) electrons. The van der Waals surface area contributed by atoms with Crippen molar-refractivity contribution >= 4 is 17.7 Å². The lowest BCUT2D eigenvalue weighted by Gasteiger charge is -2.26. The molecule has 1 amide bonds. The number of hydrogen-bond acceptors (Lipinski definition) is 7. The van der Waals surface area contributed by atoms with Crippen LogP contribution in [-0.2, 0) is 11.2 Å². The second kappa shape index (κ2) is 9.21. The van der Waals surface area contributed by atoms with Gasteiger partial charge in [0, 0.05) is 6.07 Å². The predicted octanol–water partition coefficient (Wildman–Crippen LogP) is 4.04. The minimum atomic E-state index is -0.0523. The van der Waals surface area contributed by atoms with Gasteiger partial charge in [0.15, 0.2) is 0 Å². The number of aromatic nitrogens is 2. The zero-order valence-electron chi connectivity index (χ0n) is 16.9. The van der Waals surface area contributed by atoms with Crippen molar-refractivity contribution in [2.75, 3.05) is 20.0 Å². The topological polar surface area (TPSA) is 86.5 Å². The van der Waals surface area contributed by atoms with E-state index in [0.717, 1.165) is 19.3 Å². The molecule has 1 heterocycles. The number of thioether (sulfide) groups is 1. The third kappa shape index (κ3) is 4.43. The Kier molecular flexibility index (Phi) is 6.23. The fourth-order valence-electron chi connectivity index (χ4n) is 3.62. The molecule has 156 valence electrons. The Hall–Kier alpha value is -3.00. The lowest BCUT2D eigenvalue weighted by molar-refractivity contribution is -0.119. The lowest BCUT2D eigenvalue weighted by Crippen LogP contribution is -2.32. The molecule has 8 heteroatoms. The number of carbonyl (C=O) groups is 1. The van der Waals surface area contributed by atoms with Gasteiger partial charge in [0.1, 0.15) is 11.5 Å². The normalized spacial score (nSPS) is 15.3. The van der Waals surface area contributed by atoms with Gasteiger partial charge in [-0.3, -0.25) is 4.79 Å². The van der Waals surface area contributed by atoms with Crippen molar-refractivity contribution in [2.24, 2.45) is 0 Å². The van der Waals surface area contributed by atoms with Crippen LogP contribution >= 0.6 is 11.8 Å². The maximum Gasteiger partial charge on any atom is 0.277 e. The van der Waals surface area contributed by atoms with Crippen LogP contribution in [0.25, 0.3) is 11.5 Å². The van der Waals surface area contributed by atoms with Gasteiger partial charge in [-0.1, -0.05) is 36.0 Å². The van der Waals surface area contributed by atoms with Crippen molar-refractivity contribution in [3.63, 3.8) is 0 Å². The van der Waals surface area contributed by atoms with Crippen molar-refractivity contribution < 1.29 is 18.7 Å². The molecular weight excluding hydrogens is 402 g/mol. The van der Waals surface area contributed by atoms with Crippen LogP contribution in [0.15, 0.2) is 52.1 Å². The monoisotopic (exact) mass is 425 g/mol. The zero-order valence-corrected chi connectivity index (χ0v) is 17.7. The van der Waals surface area contributed by atoms with Crippen LogP contribution in [0, 0.1) is 0 Å². The highest BCUT2D eigenvalue weighted by atomic mass is 32.2. The number of amides is 1. The first-order valence-electron chi connectivity index (χ1n) is 9.74. The van der Waals surface area contributed by atoms with Gasteiger partial charge in [-0.25, -0.2) is 0 Å². The average Bonchev–Trinajstić information content (AvgIpc) is 3.26. The second-order valence-electron chi connectivity index (χ2n) is 6.94. The highest BCUT2D eigenvalue weighted by molar-refractivity contribution is 7.99. The van der Waals surface area contributed by atoms with Crippen LogP contribution in [0.3, 0.4) is 0 Å². The van der Waals surface area contributed by atoms with Gasteiger partial charge in [-0.15, -0.1) is 10.2 Å². The molecule has 0 saturated carbocycles. The van der Waals surface area contributed by atoms with Crippen molar-refractivity contribution in [1.29, 1.82) is 0 Å². The summed E-state index contributed by atoms with van der Waals surface area (Å²) >= 11 is 1.22. The van der Waals surface area contributed by atoms with Gasteiger partial charge in [0.25, 0.3) is 11.1 Å². The highest BCUT2D eigenvalue weighted by Crippen LogP contribution is 2.34. The zero-order chi connectivity index (χ0) is 20.9. The summed E-state index contributed by atoms with van der Waals surface area (Å²) in [6, 6.07) is 13.7. The van der Waals surface area contributed by atoms with Gasteiger partial charge >= 0.3 is 0 Å². The molecule has 1 aromatic heterocycles. The summed E-state index contributed by atoms with van der Waals surface area (Å²) < 4.78 is 16.3. The summed E-state index contributed by atoms with van der Waals surface area (Å²) in [7, 11) is 3.16. The number of benzene rings is 2. The minimum Gasteiger partial charge on any atom is -0.497 e. The first kappa shape index (κ1) is 20.3. The first-order valence-corrected chi connectivity index (χ1v) is 10.7. The van der Waals surface area contributed by atoms with E-state index >= 15 is 0 Å². The maximum atomic E-state index is 12.5. The molecule has 0 aliphatic heterocycles. The molecule has 0 spiro atoms. The Morgan fingerprint density at radius 2 is 2.07 bits per heavy atom. The molecule has 30 heavy (non-hydrogen) atoms. The number of hydrogen-bond donors (Lipinski definition) is 1. The summed E-state index contributed by atoms with van der Waals surface area (Å²) in [6.45, 7) is 0. The van der Waals surface area contributed by atoms with Gasteiger partial charge in [-0.2, -0.15) is 0 Å². The molecule has 1 aliphatic rings. The summed E-state index contributed by atoms with van der Waals surface area (Å²) in [6.07, 6.45) is 3.10. The molecule has 1 unspecified atom stereocenters. The van der Waals surface area contributed by atoms with Crippen molar-refractivity contribution in [2.45, 2.75) is 30.5 Å². The van der Waals surface area contributed by atoms with Crippen LogP contribution in [0.2, 0.25) is 0 Å². The lowest BCUT2D eigenvalue weighted by atomic mass is 9.88. The number of fused-ring (bicyclic) bond motifs is 1. The molecule has 0 bridgehead atoms. The van der Waals surface area contributed by atoms with Crippen molar-refractivity contribution in [1.82, 2.24) is 15.5 Å². The minimum absolute atomic E-state index is 0.0523. The Labute approximate surface area is 179 Å². The van der Waals surface area contributed by atoms with Crippen LogP contribution in [0.5, 0.6) is 11.5 Å². The van der Waals surface area contributed by atoms with E-state index in [4.69, 9.17) is 13.9 Å². The van der Waals surface area contributed by atoms with E-state index in [-0.39, 0.29) is 17.7 Å². The Morgan fingerprint density at radius 3 is 2.90 bits per heavy atom. The molecule has 0 saturated heterocycles. The number of aryl methyl sites for hydroxylation is 1. The third-order valence-electron chi connectivity index (χ3n) is 5.08. The molecule has 4 rings (SSSR count). The third-order valence-corrected chi connectivity index (χ3v) is 5.90. The summed E-state index contributed by atoms with van der Waals surface area (Å²) in [5, 5.41) is 11.6. The summed E-state index contributed by atoms with van der Waals surface area (Å²) in [4.78, 5) is 12.5. The van der Waals surface area contributed by atoms with E-state index in [9.17, 15) is 4.79 Å². The first-order chi connectivity index (χ1) is 14.7. The van der Waals surface area contributed by atoms with E-state index in [1.165, 1.54) is 22.9 Å². The fraction of sp³-hybridized carbons (Fsp3) is 0.318. The summed E-state index contributed by atoms with van der Waals surface area (Å²) in [5.41, 5.74) is 3.20. The Balaban J connectivity index is 1.38. The number of rotatable bonds is 7.